The number of aliphatic hydroxyl groups excluding tert-OH is 1. The Morgan fingerprint density at radius 1 is 1.33 bits per heavy atom. The normalized spacial score (nSPS) is 25.1. The first-order valence-corrected chi connectivity index (χ1v) is 7.17. The molecule has 98 valence electrons. The Morgan fingerprint density at radius 3 is 2.78 bits per heavy atom. The van der Waals surface area contributed by atoms with Crippen molar-refractivity contribution in [3.05, 3.63) is 35.4 Å². The fourth-order valence-corrected chi connectivity index (χ4v) is 3.18. The number of benzene rings is 1. The number of aliphatic hydroxyl groups is 1. The molecule has 3 rings (SSSR count). The maximum Gasteiger partial charge on any atom is 0.0862 e. The van der Waals surface area contributed by atoms with Crippen LogP contribution in [0.2, 0.25) is 0 Å². The fraction of sp³-hybridized carbons (Fsp3) is 0.625. The van der Waals surface area contributed by atoms with Crippen molar-refractivity contribution in [3.63, 3.8) is 0 Å². The Bertz CT molecular complexity index is 411. The van der Waals surface area contributed by atoms with Gasteiger partial charge in [0.2, 0.25) is 0 Å². The number of ether oxygens (including phenoxy) is 1. The lowest BCUT2D eigenvalue weighted by molar-refractivity contribution is -0.0507. The van der Waals surface area contributed by atoms with Crippen LogP contribution in [0, 0.1) is 5.92 Å². The molecule has 0 amide bonds. The lowest BCUT2D eigenvalue weighted by Gasteiger charge is -2.33. The van der Waals surface area contributed by atoms with Crippen LogP contribution in [0.3, 0.4) is 0 Å². The summed E-state index contributed by atoms with van der Waals surface area (Å²) in [6.45, 7) is 2.72. The standard InChI is InChI=1S/C16H22O2/c1-2-18-16(11-7-8-11)15(17)10-13-9-12-5-3-4-6-14(12)13/h3-6,11,13,15-17H,2,7-10H2,1H3. The van der Waals surface area contributed by atoms with Crippen molar-refractivity contribution < 1.29 is 9.84 Å². The zero-order valence-corrected chi connectivity index (χ0v) is 11.0. The van der Waals surface area contributed by atoms with Gasteiger partial charge in [-0.2, -0.15) is 0 Å². The summed E-state index contributed by atoms with van der Waals surface area (Å²) < 4.78 is 5.74. The highest BCUT2D eigenvalue weighted by Crippen LogP contribution is 2.42. The van der Waals surface area contributed by atoms with Gasteiger partial charge in [-0.05, 0) is 55.6 Å². The lowest BCUT2D eigenvalue weighted by atomic mass is 9.74. The van der Waals surface area contributed by atoms with E-state index in [4.69, 9.17) is 4.74 Å². The SMILES string of the molecule is CCOC(C(O)CC1Cc2ccccc21)C1CC1. The predicted octanol–water partition coefficient (Wildman–Crippen LogP) is 2.89. The average molecular weight is 246 g/mol. The van der Waals surface area contributed by atoms with Gasteiger partial charge in [0.1, 0.15) is 0 Å². The Kier molecular flexibility index (Phi) is 3.40. The van der Waals surface area contributed by atoms with Crippen LogP contribution in [-0.4, -0.2) is 23.9 Å². The van der Waals surface area contributed by atoms with Gasteiger partial charge in [-0.1, -0.05) is 24.3 Å². The maximum atomic E-state index is 10.4. The van der Waals surface area contributed by atoms with E-state index in [1.165, 1.54) is 24.0 Å². The molecular weight excluding hydrogens is 224 g/mol. The number of rotatable bonds is 6. The molecule has 1 saturated carbocycles. The zero-order chi connectivity index (χ0) is 12.5. The molecule has 18 heavy (non-hydrogen) atoms. The van der Waals surface area contributed by atoms with E-state index in [2.05, 4.69) is 24.3 Å². The molecule has 0 radical (unpaired) electrons. The van der Waals surface area contributed by atoms with Crippen molar-refractivity contribution in [2.24, 2.45) is 5.92 Å². The molecule has 3 unspecified atom stereocenters. The van der Waals surface area contributed by atoms with E-state index in [9.17, 15) is 5.11 Å². The van der Waals surface area contributed by atoms with Crippen molar-refractivity contribution in [1.29, 1.82) is 0 Å². The monoisotopic (exact) mass is 246 g/mol. The summed E-state index contributed by atoms with van der Waals surface area (Å²) in [7, 11) is 0. The second-order valence-corrected chi connectivity index (χ2v) is 5.66. The molecule has 0 aliphatic heterocycles. The van der Waals surface area contributed by atoms with E-state index in [1.54, 1.807) is 0 Å². The summed E-state index contributed by atoms with van der Waals surface area (Å²) in [5.41, 5.74) is 2.89. The molecule has 0 saturated heterocycles. The third-order valence-electron chi connectivity index (χ3n) is 4.31. The first-order valence-electron chi connectivity index (χ1n) is 7.17. The molecule has 2 aliphatic carbocycles. The Morgan fingerprint density at radius 2 is 2.11 bits per heavy atom. The van der Waals surface area contributed by atoms with Crippen molar-refractivity contribution in [2.75, 3.05) is 6.61 Å². The molecule has 2 aliphatic rings. The van der Waals surface area contributed by atoms with Gasteiger partial charge in [0, 0.05) is 6.61 Å². The first kappa shape index (κ1) is 12.2. The van der Waals surface area contributed by atoms with Crippen molar-refractivity contribution in [3.8, 4) is 0 Å². The minimum atomic E-state index is -0.296. The summed E-state index contributed by atoms with van der Waals surface area (Å²) in [5.74, 6) is 1.15. The molecule has 0 aromatic heterocycles. The van der Waals surface area contributed by atoms with Crippen LogP contribution in [-0.2, 0) is 11.2 Å². The smallest absolute Gasteiger partial charge is 0.0862 e. The summed E-state index contributed by atoms with van der Waals surface area (Å²) >= 11 is 0. The molecule has 0 heterocycles. The van der Waals surface area contributed by atoms with Gasteiger partial charge in [-0.25, -0.2) is 0 Å². The molecule has 2 nitrogen and oxygen atoms in total. The van der Waals surface area contributed by atoms with Gasteiger partial charge in [0.05, 0.1) is 12.2 Å². The summed E-state index contributed by atoms with van der Waals surface area (Å²) in [6, 6.07) is 8.58. The molecule has 1 fully saturated rings. The average Bonchev–Trinajstić information content (AvgIpc) is 3.17. The third-order valence-corrected chi connectivity index (χ3v) is 4.31. The highest BCUT2D eigenvalue weighted by atomic mass is 16.5. The van der Waals surface area contributed by atoms with Crippen molar-refractivity contribution in [2.45, 2.75) is 50.7 Å². The van der Waals surface area contributed by atoms with E-state index in [0.717, 1.165) is 12.8 Å². The van der Waals surface area contributed by atoms with Crippen LogP contribution in [0.5, 0.6) is 0 Å². The predicted molar refractivity (Wildman–Crippen MR) is 71.6 cm³/mol. The number of hydrogen-bond acceptors (Lipinski definition) is 2. The van der Waals surface area contributed by atoms with Crippen LogP contribution in [0.25, 0.3) is 0 Å². The Labute approximate surface area is 109 Å². The van der Waals surface area contributed by atoms with E-state index in [0.29, 0.717) is 18.4 Å². The van der Waals surface area contributed by atoms with Gasteiger partial charge in [0.15, 0.2) is 0 Å². The first-order chi connectivity index (χ1) is 8.79. The minimum Gasteiger partial charge on any atom is -0.390 e. The van der Waals surface area contributed by atoms with Crippen LogP contribution in [0.15, 0.2) is 24.3 Å². The third kappa shape index (κ3) is 2.32. The molecule has 0 spiro atoms. The summed E-state index contributed by atoms with van der Waals surface area (Å²) in [4.78, 5) is 0. The van der Waals surface area contributed by atoms with Gasteiger partial charge >= 0.3 is 0 Å². The van der Waals surface area contributed by atoms with E-state index >= 15 is 0 Å². The second kappa shape index (κ2) is 5.02. The Balaban J connectivity index is 1.60. The van der Waals surface area contributed by atoms with E-state index in [-0.39, 0.29) is 12.2 Å². The van der Waals surface area contributed by atoms with Gasteiger partial charge in [0.25, 0.3) is 0 Å². The largest absolute Gasteiger partial charge is 0.390 e. The molecule has 1 aromatic rings. The zero-order valence-electron chi connectivity index (χ0n) is 11.0. The van der Waals surface area contributed by atoms with Gasteiger partial charge in [-0.3, -0.25) is 0 Å². The van der Waals surface area contributed by atoms with Crippen LogP contribution in [0.1, 0.15) is 43.2 Å². The molecule has 1 N–H and O–H groups in total. The molecule has 0 bridgehead atoms. The van der Waals surface area contributed by atoms with Crippen LogP contribution >= 0.6 is 0 Å². The van der Waals surface area contributed by atoms with Crippen molar-refractivity contribution in [1.82, 2.24) is 0 Å². The summed E-state index contributed by atoms with van der Waals surface area (Å²) in [6.07, 6.45) is 4.21. The van der Waals surface area contributed by atoms with Gasteiger partial charge in [-0.15, -0.1) is 0 Å². The van der Waals surface area contributed by atoms with Gasteiger partial charge < -0.3 is 9.84 Å². The number of fused-ring (bicyclic) bond motifs is 1. The van der Waals surface area contributed by atoms with E-state index in [1.807, 2.05) is 6.92 Å². The highest BCUT2D eigenvalue weighted by Gasteiger charge is 2.38. The Hall–Kier alpha value is -0.860. The lowest BCUT2D eigenvalue weighted by Crippen LogP contribution is -2.34. The second-order valence-electron chi connectivity index (χ2n) is 5.66. The summed E-state index contributed by atoms with van der Waals surface area (Å²) in [5, 5.41) is 10.4. The fourth-order valence-electron chi connectivity index (χ4n) is 3.18. The highest BCUT2D eigenvalue weighted by molar-refractivity contribution is 5.39. The molecular formula is C16H22O2. The van der Waals surface area contributed by atoms with E-state index < -0.39 is 0 Å². The quantitative estimate of drug-likeness (QED) is 0.836. The maximum absolute atomic E-state index is 10.4. The molecule has 3 atom stereocenters. The molecule has 1 aromatic carbocycles. The number of hydrogen-bond donors (Lipinski definition) is 1. The van der Waals surface area contributed by atoms with Crippen LogP contribution < -0.4 is 0 Å². The topological polar surface area (TPSA) is 29.5 Å². The van der Waals surface area contributed by atoms with Crippen LogP contribution in [0.4, 0.5) is 0 Å². The molecule has 2 heteroatoms. The minimum absolute atomic E-state index is 0.0720. The van der Waals surface area contributed by atoms with Crippen molar-refractivity contribution >= 4 is 0 Å².